The van der Waals surface area contributed by atoms with Gasteiger partial charge in [0.05, 0.1) is 17.1 Å². The summed E-state index contributed by atoms with van der Waals surface area (Å²) in [6, 6.07) is 5.87. The number of hydrogen-bond donors (Lipinski definition) is 3. The van der Waals surface area contributed by atoms with Gasteiger partial charge in [-0.05, 0) is 130 Å². The van der Waals surface area contributed by atoms with E-state index in [2.05, 4.69) is 46.0 Å². The van der Waals surface area contributed by atoms with Gasteiger partial charge in [0.15, 0.2) is 5.78 Å². The van der Waals surface area contributed by atoms with Gasteiger partial charge in [0.2, 0.25) is 0 Å². The normalized spacial score (nSPS) is 41.8. The summed E-state index contributed by atoms with van der Waals surface area (Å²) in [7, 11) is 1.91. The SMILES string of the molecule is CNCc1cc(O)cc([C@]23CCC[C@]45CC(=O)C([C@H](C)C[C@@H](O)[C@H]6OC6(C)C)=C4CC[C@@H]4[C@](C)(C2)[C@@H](CC[C@]45C)C(C)(C)C3=O)c1. The van der Waals surface area contributed by atoms with E-state index in [0.717, 1.165) is 68.1 Å². The molecule has 6 heteroatoms. The maximum absolute atomic E-state index is 15.1. The summed E-state index contributed by atoms with van der Waals surface area (Å²) in [6.07, 6.45) is 7.74. The molecule has 3 N–H and O–H groups in total. The molecule has 0 amide bonds. The third-order valence-corrected chi connectivity index (χ3v) is 14.9. The van der Waals surface area contributed by atoms with Crippen molar-refractivity contribution in [3.63, 3.8) is 0 Å². The van der Waals surface area contributed by atoms with Crippen LogP contribution in [0.5, 0.6) is 5.75 Å². The van der Waals surface area contributed by atoms with E-state index in [0.29, 0.717) is 31.1 Å². The Hall–Kier alpha value is -2.02. The van der Waals surface area contributed by atoms with Crippen molar-refractivity contribution in [3.05, 3.63) is 40.5 Å². The number of carbonyl (C=O) groups is 2. The molecule has 252 valence electrons. The Morgan fingerprint density at radius 1 is 1.00 bits per heavy atom. The molecule has 5 bridgehead atoms. The lowest BCUT2D eigenvalue weighted by molar-refractivity contribution is -0.191. The van der Waals surface area contributed by atoms with E-state index in [1.807, 2.05) is 33.0 Å². The first-order chi connectivity index (χ1) is 21.5. The maximum atomic E-state index is 15.1. The molecule has 1 aromatic rings. The number of phenolic OH excluding ortho intramolecular Hbond substituents is 1. The largest absolute Gasteiger partial charge is 0.508 e. The molecule has 7 rings (SSSR count). The fourth-order valence-corrected chi connectivity index (χ4v) is 13.3. The number of hydrogen-bond acceptors (Lipinski definition) is 6. The van der Waals surface area contributed by atoms with Gasteiger partial charge in [-0.1, -0.05) is 52.7 Å². The summed E-state index contributed by atoms with van der Waals surface area (Å²) < 4.78 is 5.78. The fraction of sp³-hybridized carbons (Fsp3) is 0.750. The Kier molecular flexibility index (Phi) is 7.24. The molecule has 0 unspecified atom stereocenters. The minimum absolute atomic E-state index is 0.0134. The number of allylic oxidation sites excluding steroid dienone is 2. The summed E-state index contributed by atoms with van der Waals surface area (Å²) in [6.45, 7) is 16.3. The molecule has 4 saturated carbocycles. The van der Waals surface area contributed by atoms with Crippen LogP contribution in [0.1, 0.15) is 124 Å². The van der Waals surface area contributed by atoms with E-state index in [1.165, 1.54) is 5.57 Å². The van der Waals surface area contributed by atoms with Gasteiger partial charge in [0.1, 0.15) is 17.6 Å². The highest BCUT2D eigenvalue weighted by Gasteiger charge is 2.73. The van der Waals surface area contributed by atoms with Crippen LogP contribution in [0.3, 0.4) is 0 Å². The zero-order chi connectivity index (χ0) is 33.2. The molecule has 1 aliphatic heterocycles. The van der Waals surface area contributed by atoms with Crippen LogP contribution in [-0.2, 0) is 26.3 Å². The second kappa shape index (κ2) is 10.2. The van der Waals surface area contributed by atoms with Gasteiger partial charge in [-0.3, -0.25) is 9.59 Å². The van der Waals surface area contributed by atoms with Crippen molar-refractivity contribution in [2.45, 2.75) is 142 Å². The highest BCUT2D eigenvalue weighted by Crippen LogP contribution is 2.77. The average Bonchev–Trinajstić information content (AvgIpc) is 3.49. The molecule has 1 spiro atoms. The van der Waals surface area contributed by atoms with Crippen molar-refractivity contribution in [1.82, 2.24) is 5.32 Å². The Balaban J connectivity index is 1.35. The van der Waals surface area contributed by atoms with E-state index in [4.69, 9.17) is 4.74 Å². The van der Waals surface area contributed by atoms with Crippen LogP contribution in [0.25, 0.3) is 0 Å². The molecule has 6 nitrogen and oxygen atoms in total. The summed E-state index contributed by atoms with van der Waals surface area (Å²) in [5.74, 6) is 1.52. The second-order valence-electron chi connectivity index (χ2n) is 18.1. The minimum atomic E-state index is -0.674. The van der Waals surface area contributed by atoms with Crippen LogP contribution in [0, 0.1) is 39.4 Å². The fourth-order valence-electron chi connectivity index (χ4n) is 13.3. The number of aliphatic hydroxyl groups is 1. The first-order valence-corrected chi connectivity index (χ1v) is 18.1. The molecule has 1 aromatic carbocycles. The van der Waals surface area contributed by atoms with Gasteiger partial charge in [0, 0.05) is 23.8 Å². The highest BCUT2D eigenvalue weighted by atomic mass is 16.6. The van der Waals surface area contributed by atoms with Crippen molar-refractivity contribution in [3.8, 4) is 5.75 Å². The Labute approximate surface area is 276 Å². The van der Waals surface area contributed by atoms with E-state index < -0.39 is 16.9 Å². The Morgan fingerprint density at radius 2 is 1.72 bits per heavy atom. The first-order valence-electron chi connectivity index (χ1n) is 18.1. The number of rotatable bonds is 7. The van der Waals surface area contributed by atoms with Gasteiger partial charge < -0.3 is 20.3 Å². The lowest BCUT2D eigenvalue weighted by Crippen LogP contribution is -2.66. The van der Waals surface area contributed by atoms with E-state index in [-0.39, 0.29) is 51.3 Å². The van der Waals surface area contributed by atoms with E-state index in [1.54, 1.807) is 0 Å². The van der Waals surface area contributed by atoms with Gasteiger partial charge >= 0.3 is 0 Å². The molecule has 0 aromatic heterocycles. The summed E-state index contributed by atoms with van der Waals surface area (Å²) in [5.41, 5.74) is 2.59. The number of aliphatic hydroxyl groups excluding tert-OH is 1. The quantitative estimate of drug-likeness (QED) is 0.276. The number of nitrogens with one attached hydrogen (secondary N) is 1. The maximum Gasteiger partial charge on any atom is 0.160 e. The van der Waals surface area contributed by atoms with E-state index in [9.17, 15) is 15.0 Å². The van der Waals surface area contributed by atoms with Gasteiger partial charge in [-0.15, -0.1) is 0 Å². The minimum Gasteiger partial charge on any atom is -0.508 e. The molecule has 5 aliphatic carbocycles. The number of Topliss-reactive ketones (excluding diaryl/α,β-unsaturated/α-hetero) is 2. The van der Waals surface area contributed by atoms with Crippen LogP contribution in [0.15, 0.2) is 29.3 Å². The average molecular weight is 632 g/mol. The topological polar surface area (TPSA) is 99.2 Å². The summed E-state index contributed by atoms with van der Waals surface area (Å²) >= 11 is 0. The molecule has 1 saturated heterocycles. The van der Waals surface area contributed by atoms with Crippen molar-refractivity contribution >= 4 is 11.6 Å². The van der Waals surface area contributed by atoms with Crippen molar-refractivity contribution in [1.29, 1.82) is 0 Å². The molecule has 6 aliphatic rings. The number of ether oxygens (including phenoxy) is 1. The third kappa shape index (κ3) is 4.24. The summed E-state index contributed by atoms with van der Waals surface area (Å²) in [5, 5.41) is 25.3. The van der Waals surface area contributed by atoms with Crippen LogP contribution in [-0.4, -0.2) is 46.6 Å². The highest BCUT2D eigenvalue weighted by molar-refractivity contribution is 6.01. The number of phenols is 1. The number of ketones is 2. The van der Waals surface area contributed by atoms with Crippen LogP contribution in [0.2, 0.25) is 0 Å². The Bertz CT molecular complexity index is 1510. The van der Waals surface area contributed by atoms with Crippen molar-refractivity contribution in [2.24, 2.45) is 39.4 Å². The molecule has 9 atom stereocenters. The zero-order valence-electron chi connectivity index (χ0n) is 29.5. The summed E-state index contributed by atoms with van der Waals surface area (Å²) in [4.78, 5) is 29.4. The number of carbonyl (C=O) groups excluding carboxylic acids is 2. The second-order valence-corrected chi connectivity index (χ2v) is 18.1. The number of benzene rings is 1. The lowest BCUT2D eigenvalue weighted by atomic mass is 9.34. The zero-order valence-corrected chi connectivity index (χ0v) is 29.5. The molecule has 0 radical (unpaired) electrons. The molecular formula is C40H57NO5. The number of fused-ring (bicyclic) bond motifs is 1. The molecule has 1 heterocycles. The van der Waals surface area contributed by atoms with Crippen LogP contribution in [0.4, 0.5) is 0 Å². The van der Waals surface area contributed by atoms with Crippen molar-refractivity contribution in [2.75, 3.05) is 7.05 Å². The van der Waals surface area contributed by atoms with E-state index >= 15 is 4.79 Å². The van der Waals surface area contributed by atoms with Gasteiger partial charge in [-0.25, -0.2) is 0 Å². The molecule has 5 fully saturated rings. The van der Waals surface area contributed by atoms with Crippen LogP contribution < -0.4 is 5.32 Å². The lowest BCUT2D eigenvalue weighted by Gasteiger charge is -2.69. The predicted molar refractivity (Wildman–Crippen MR) is 179 cm³/mol. The molecular weight excluding hydrogens is 574 g/mol. The molecule has 46 heavy (non-hydrogen) atoms. The van der Waals surface area contributed by atoms with Gasteiger partial charge in [-0.2, -0.15) is 0 Å². The third-order valence-electron chi connectivity index (χ3n) is 14.9. The predicted octanol–water partition coefficient (Wildman–Crippen LogP) is 7.19. The number of epoxide rings is 1. The van der Waals surface area contributed by atoms with Crippen LogP contribution >= 0.6 is 0 Å². The van der Waals surface area contributed by atoms with Gasteiger partial charge in [0.25, 0.3) is 0 Å². The first kappa shape index (κ1) is 32.5. The number of aromatic hydroxyl groups is 1. The Morgan fingerprint density at radius 3 is 2.39 bits per heavy atom. The standard InChI is InChI=1S/C40H57NO5/c1-23(16-28(43)33-36(4,5)46-33)32-27-10-11-31-37(6)22-39(25-17-24(21-41-8)18-26(42)19-25)13-9-14-40(27,20-29(32)44)38(31,7)15-12-30(37)35(2,3)34(39)45/h17-19,23,28,30-31,33,41-43H,9-16,20-22H2,1-8H3/t23-,28-,30+,31-,33-,37-,38-,39+,40+/m1/s1. The van der Waals surface area contributed by atoms with Crippen molar-refractivity contribution < 1.29 is 24.5 Å². The smallest absolute Gasteiger partial charge is 0.160 e. The monoisotopic (exact) mass is 631 g/mol.